The van der Waals surface area contributed by atoms with Gasteiger partial charge in [0.2, 0.25) is 5.91 Å². The van der Waals surface area contributed by atoms with Crippen molar-refractivity contribution in [1.29, 1.82) is 0 Å². The zero-order valence-corrected chi connectivity index (χ0v) is 34.3. The Morgan fingerprint density at radius 1 is 0.889 bits per heavy atom. The summed E-state index contributed by atoms with van der Waals surface area (Å²) in [5.74, 6) is -0.640. The summed E-state index contributed by atoms with van der Waals surface area (Å²) < 4.78 is 45.3. The van der Waals surface area contributed by atoms with Crippen molar-refractivity contribution in [3.8, 4) is 0 Å². The molecule has 21 nitrogen and oxygen atoms in total. The van der Waals surface area contributed by atoms with Crippen LogP contribution in [0.4, 0.5) is 0 Å². The van der Waals surface area contributed by atoms with Gasteiger partial charge in [0.25, 0.3) is 5.56 Å². The molecule has 3 rings (SSSR count). The minimum absolute atomic E-state index is 0.464. The highest BCUT2D eigenvalue weighted by atomic mass is 32.2. The Kier molecular flexibility index (Phi) is 22.7. The summed E-state index contributed by atoms with van der Waals surface area (Å²) in [4.78, 5) is 61.4. The molecule has 2 fully saturated rings. The number of aliphatic hydroxyl groups is 5. The van der Waals surface area contributed by atoms with Crippen molar-refractivity contribution in [2.75, 3.05) is 58.0 Å². The number of H-pyrrole nitrogens is 1. The van der Waals surface area contributed by atoms with Crippen molar-refractivity contribution in [3.63, 3.8) is 0 Å². The van der Waals surface area contributed by atoms with Crippen LogP contribution in [0.3, 0.4) is 0 Å². The van der Waals surface area contributed by atoms with Gasteiger partial charge in [-0.05, 0) is 39.3 Å². The van der Waals surface area contributed by atoms with Gasteiger partial charge in [0.05, 0.1) is 24.7 Å². The first-order valence-corrected chi connectivity index (χ1v) is 21.8. The van der Waals surface area contributed by atoms with Gasteiger partial charge >= 0.3 is 21.1 Å². The Hall–Kier alpha value is -1.56. The van der Waals surface area contributed by atoms with E-state index in [2.05, 4.69) is 65.5 Å². The van der Waals surface area contributed by atoms with E-state index in [1.54, 1.807) is 0 Å². The average Bonchev–Trinajstić information content (AvgIpc) is 3.39. The van der Waals surface area contributed by atoms with Gasteiger partial charge in [-0.3, -0.25) is 28.2 Å². The molecule has 1 aromatic rings. The van der Waals surface area contributed by atoms with Gasteiger partial charge in [-0.1, -0.05) is 41.5 Å². The van der Waals surface area contributed by atoms with Crippen LogP contribution in [0.1, 0.15) is 54.7 Å². The van der Waals surface area contributed by atoms with E-state index < -0.39 is 106 Å². The summed E-state index contributed by atoms with van der Waals surface area (Å²) in [6.07, 6.45) is -10.1. The van der Waals surface area contributed by atoms with Crippen LogP contribution in [0.15, 0.2) is 21.9 Å². The molecule has 2 aliphatic heterocycles. The smallest absolute Gasteiger partial charge is 0.394 e. The standard InChI is InChI=1S/C18H29N3O16P2S.2C6H15N/c1-7(23)19-11-14(27)12(25)8(4-22)36-17(11)40-6-38(30,31)37-39(32,33)34-5-9-13(26)15(28)16(35-9)21-3-2-10(24)20-18(21)29;2*1-4-7(5-2)6-3/h2-3,8-9,11-17,22,25-28H,4-6H2,1H3,(H,19,23)(H,30,31)(H,32,33)(H,20,24,29);2*4-6H2,1-3H3/t8-,9-,11-,12-,13-,14-,15-,16-,17+;;/m1../s1. The van der Waals surface area contributed by atoms with E-state index in [4.69, 9.17) is 9.47 Å². The number of aromatic nitrogens is 2. The van der Waals surface area contributed by atoms with Crippen LogP contribution in [0.2, 0.25) is 0 Å². The summed E-state index contributed by atoms with van der Waals surface area (Å²) in [7, 11) is -10.3. The summed E-state index contributed by atoms with van der Waals surface area (Å²) in [6, 6.07) is -0.350. The number of hydrogen-bond donors (Lipinski definition) is 9. The lowest BCUT2D eigenvalue weighted by Gasteiger charge is -2.42. The topological polar surface area (TPSA) is 303 Å². The Balaban J connectivity index is 0.000000879. The highest BCUT2D eigenvalue weighted by Gasteiger charge is 2.48. The summed E-state index contributed by atoms with van der Waals surface area (Å²) in [5.41, 5.74) is -3.96. The number of carbonyl (C=O) groups excluding carboxylic acids is 1. The fraction of sp³-hybridized carbons (Fsp3) is 0.833. The molecule has 2 aliphatic rings. The normalized spacial score (nSPS) is 29.0. The largest absolute Gasteiger partial charge is 0.479 e. The second kappa shape index (κ2) is 24.3. The number of hydrogen-bond acceptors (Lipinski definition) is 17. The fourth-order valence-electron chi connectivity index (χ4n) is 5.22. The van der Waals surface area contributed by atoms with Crippen LogP contribution in [0.25, 0.3) is 0 Å². The number of carbonyl (C=O) groups is 1. The van der Waals surface area contributed by atoms with Crippen LogP contribution in [0, 0.1) is 0 Å². The van der Waals surface area contributed by atoms with Crippen LogP contribution < -0.4 is 16.6 Å². The van der Waals surface area contributed by atoms with Gasteiger partial charge in [-0.2, -0.15) is 0 Å². The van der Waals surface area contributed by atoms with Crippen LogP contribution in [-0.2, 0) is 32.2 Å². The zero-order valence-electron chi connectivity index (χ0n) is 31.7. The molecule has 316 valence electrons. The van der Waals surface area contributed by atoms with E-state index in [0.29, 0.717) is 11.8 Å². The molecule has 2 saturated heterocycles. The molecule has 24 heteroatoms. The first-order valence-electron chi connectivity index (χ1n) is 17.5. The molecule has 0 aromatic carbocycles. The van der Waals surface area contributed by atoms with E-state index in [1.165, 1.54) is 39.3 Å². The monoisotopic (exact) mass is 839 g/mol. The van der Waals surface area contributed by atoms with E-state index >= 15 is 0 Å². The van der Waals surface area contributed by atoms with Gasteiger partial charge < -0.3 is 59.9 Å². The first-order chi connectivity index (χ1) is 25.2. The van der Waals surface area contributed by atoms with Crippen LogP contribution in [0.5, 0.6) is 0 Å². The number of ether oxygens (including phenoxy) is 2. The summed E-state index contributed by atoms with van der Waals surface area (Å²) in [6.45, 7) is 19.7. The molecule has 11 atom stereocenters. The molecule has 1 amide bonds. The summed E-state index contributed by atoms with van der Waals surface area (Å²) in [5, 5.41) is 52.4. The maximum absolute atomic E-state index is 12.5. The van der Waals surface area contributed by atoms with E-state index in [9.17, 15) is 58.8 Å². The van der Waals surface area contributed by atoms with Gasteiger partial charge in [-0.25, -0.2) is 13.7 Å². The predicted molar refractivity (Wildman–Crippen MR) is 199 cm³/mol. The number of rotatable bonds is 17. The number of phosphoric acid groups is 1. The molecule has 2 unspecified atom stereocenters. The molecule has 0 spiro atoms. The number of phosphoric ester groups is 1. The third-order valence-electron chi connectivity index (χ3n) is 8.43. The van der Waals surface area contributed by atoms with Gasteiger partial charge in [0.1, 0.15) is 42.1 Å². The molecule has 0 radical (unpaired) electrons. The summed E-state index contributed by atoms with van der Waals surface area (Å²) >= 11 is 0.464. The second-order valence-corrected chi connectivity index (χ2v) is 17.0. The number of aliphatic hydroxyl groups excluding tert-OH is 5. The maximum atomic E-state index is 12.5. The van der Waals surface area contributed by atoms with Crippen LogP contribution >= 0.6 is 27.2 Å². The van der Waals surface area contributed by atoms with Crippen molar-refractivity contribution in [3.05, 3.63) is 33.1 Å². The van der Waals surface area contributed by atoms with E-state index in [-0.39, 0.29) is 0 Å². The van der Waals surface area contributed by atoms with Gasteiger partial charge in [-0.15, -0.1) is 11.8 Å². The minimum atomic E-state index is -5.32. The lowest BCUT2D eigenvalue weighted by molar-refractivity contribution is -0.173. The number of nitrogens with one attached hydrogen (secondary N) is 2. The van der Waals surface area contributed by atoms with Crippen molar-refractivity contribution < 1.29 is 67.6 Å². The van der Waals surface area contributed by atoms with Crippen molar-refractivity contribution >= 4 is 33.1 Å². The number of aromatic amines is 1. The Bertz CT molecular complexity index is 1440. The Morgan fingerprint density at radius 3 is 1.85 bits per heavy atom. The first kappa shape index (κ1) is 50.5. The molecular formula is C30H59N5O16P2S. The molecule has 54 heavy (non-hydrogen) atoms. The SMILES string of the molecule is CC(=O)N[C@@H]1[C@@H](O)[C@H](O)[C@@H](CO)O[C@H]1SCP(=O)(O)OP(=O)(O)OC[C@H]1O[C@@H](n2ccc(=O)[nH]c2=O)[C@H](O)[C@@H]1O.CCN(CC)CC.CCN(CC)CC. The van der Waals surface area contributed by atoms with E-state index in [1.807, 2.05) is 4.98 Å². The average molecular weight is 840 g/mol. The maximum Gasteiger partial charge on any atom is 0.479 e. The lowest BCUT2D eigenvalue weighted by atomic mass is 9.98. The molecule has 3 heterocycles. The molecule has 0 saturated carbocycles. The molecule has 9 N–H and O–H groups in total. The second-order valence-electron chi connectivity index (χ2n) is 12.0. The molecule has 0 bridgehead atoms. The molecular weight excluding hydrogens is 780 g/mol. The molecule has 0 aliphatic carbocycles. The van der Waals surface area contributed by atoms with Gasteiger partial charge in [0, 0.05) is 19.2 Å². The Morgan fingerprint density at radius 2 is 1.41 bits per heavy atom. The lowest BCUT2D eigenvalue weighted by Crippen LogP contribution is -2.63. The van der Waals surface area contributed by atoms with Crippen molar-refractivity contribution in [2.24, 2.45) is 0 Å². The quantitative estimate of drug-likeness (QED) is 0.0833. The van der Waals surface area contributed by atoms with Crippen molar-refractivity contribution in [2.45, 2.75) is 103 Å². The number of nitrogens with zero attached hydrogens (tertiary/aromatic N) is 3. The van der Waals surface area contributed by atoms with Crippen LogP contribution in [-0.4, -0.2) is 167 Å². The number of amides is 1. The van der Waals surface area contributed by atoms with Crippen molar-refractivity contribution in [1.82, 2.24) is 24.7 Å². The third kappa shape index (κ3) is 16.1. The molecule has 1 aromatic heterocycles. The minimum Gasteiger partial charge on any atom is -0.394 e. The van der Waals surface area contributed by atoms with Gasteiger partial charge in [0.15, 0.2) is 6.23 Å². The zero-order chi connectivity index (χ0) is 41.4. The Labute approximate surface area is 318 Å². The fourth-order valence-corrected chi connectivity index (χ4v) is 9.65. The van der Waals surface area contributed by atoms with E-state index in [0.717, 1.165) is 23.8 Å². The number of thioether (sulfide) groups is 1. The predicted octanol–water partition coefficient (Wildman–Crippen LogP) is -1.19. The highest BCUT2D eigenvalue weighted by Crippen LogP contribution is 2.61. The third-order valence-corrected chi connectivity index (χ3v) is 13.4. The highest BCUT2D eigenvalue weighted by molar-refractivity contribution is 8.05.